The molecule has 2 N–H and O–H groups in total. The van der Waals surface area contributed by atoms with E-state index in [9.17, 15) is 4.79 Å². The Hall–Kier alpha value is -2.91. The van der Waals surface area contributed by atoms with Gasteiger partial charge in [0.05, 0.1) is 0 Å². The summed E-state index contributed by atoms with van der Waals surface area (Å²) < 4.78 is 0. The van der Waals surface area contributed by atoms with E-state index < -0.39 is 0 Å². The lowest BCUT2D eigenvalue weighted by molar-refractivity contribution is 0.0951. The van der Waals surface area contributed by atoms with Crippen molar-refractivity contribution in [1.29, 1.82) is 0 Å². The standard InChI is InChI=1S/C24H24N2O/c27-24(26-17-19-9-5-2-6-10-19)21-13-11-20(12-14-21)22-15-23(22)25-16-18-7-3-1-4-8-18/h1-14,22-23,25H,15-17H2,(H,26,27)/t22-,23+/m0/s1. The van der Waals surface area contributed by atoms with Crippen molar-refractivity contribution < 1.29 is 4.79 Å². The Bertz CT molecular complexity index is 875. The van der Waals surface area contributed by atoms with Crippen LogP contribution >= 0.6 is 0 Å². The van der Waals surface area contributed by atoms with E-state index in [4.69, 9.17) is 0 Å². The first-order valence-corrected chi connectivity index (χ1v) is 9.49. The number of carbonyl (C=O) groups excluding carboxylic acids is 1. The number of hydrogen-bond donors (Lipinski definition) is 2. The van der Waals surface area contributed by atoms with Crippen molar-refractivity contribution in [3.05, 3.63) is 107 Å². The summed E-state index contributed by atoms with van der Waals surface area (Å²) in [5.74, 6) is 0.523. The second-order valence-electron chi connectivity index (χ2n) is 7.11. The lowest BCUT2D eigenvalue weighted by atomic mass is 10.1. The third kappa shape index (κ3) is 4.63. The third-order valence-electron chi connectivity index (χ3n) is 5.10. The highest BCUT2D eigenvalue weighted by Gasteiger charge is 2.37. The van der Waals surface area contributed by atoms with E-state index in [1.165, 1.54) is 11.1 Å². The van der Waals surface area contributed by atoms with Gasteiger partial charge in [-0.2, -0.15) is 0 Å². The van der Waals surface area contributed by atoms with E-state index in [0.717, 1.165) is 18.5 Å². The highest BCUT2D eigenvalue weighted by molar-refractivity contribution is 5.94. The second-order valence-corrected chi connectivity index (χ2v) is 7.11. The molecular formula is C24H24N2O. The van der Waals surface area contributed by atoms with Crippen molar-refractivity contribution in [2.75, 3.05) is 0 Å². The molecule has 3 aromatic rings. The van der Waals surface area contributed by atoms with E-state index in [1.54, 1.807) is 0 Å². The zero-order valence-corrected chi connectivity index (χ0v) is 15.3. The minimum Gasteiger partial charge on any atom is -0.348 e. The molecule has 0 unspecified atom stereocenters. The Morgan fingerprint density at radius 1 is 0.778 bits per heavy atom. The fraction of sp³-hybridized carbons (Fsp3) is 0.208. The summed E-state index contributed by atoms with van der Waals surface area (Å²) in [4.78, 5) is 12.3. The first-order valence-electron chi connectivity index (χ1n) is 9.49. The van der Waals surface area contributed by atoms with Crippen molar-refractivity contribution in [3.8, 4) is 0 Å². The van der Waals surface area contributed by atoms with Gasteiger partial charge in [0.2, 0.25) is 0 Å². The predicted molar refractivity (Wildman–Crippen MR) is 108 cm³/mol. The molecule has 3 aromatic carbocycles. The molecule has 136 valence electrons. The highest BCUT2D eigenvalue weighted by Crippen LogP contribution is 2.40. The Morgan fingerprint density at radius 2 is 1.37 bits per heavy atom. The van der Waals surface area contributed by atoms with E-state index >= 15 is 0 Å². The van der Waals surface area contributed by atoms with Crippen LogP contribution in [0.25, 0.3) is 0 Å². The second kappa shape index (κ2) is 8.19. The Morgan fingerprint density at radius 3 is 2.00 bits per heavy atom. The van der Waals surface area contributed by atoms with Gasteiger partial charge in [0.15, 0.2) is 0 Å². The summed E-state index contributed by atoms with van der Waals surface area (Å²) in [5.41, 5.74) is 4.44. The predicted octanol–water partition coefficient (Wildman–Crippen LogP) is 4.26. The molecule has 1 amide bonds. The molecule has 3 nitrogen and oxygen atoms in total. The van der Waals surface area contributed by atoms with Crippen LogP contribution in [0.3, 0.4) is 0 Å². The molecular weight excluding hydrogens is 332 g/mol. The fourth-order valence-corrected chi connectivity index (χ4v) is 3.40. The summed E-state index contributed by atoms with van der Waals surface area (Å²) in [6.45, 7) is 1.46. The number of nitrogens with one attached hydrogen (secondary N) is 2. The summed E-state index contributed by atoms with van der Waals surface area (Å²) in [7, 11) is 0. The van der Waals surface area contributed by atoms with Crippen molar-refractivity contribution in [1.82, 2.24) is 10.6 Å². The SMILES string of the molecule is O=C(NCc1ccccc1)c1ccc([C@@H]2C[C@H]2NCc2ccccc2)cc1. The van der Waals surface area contributed by atoms with Crippen molar-refractivity contribution >= 4 is 5.91 Å². The molecule has 4 rings (SSSR count). The highest BCUT2D eigenvalue weighted by atomic mass is 16.1. The van der Waals surface area contributed by atoms with Gasteiger partial charge in [-0.15, -0.1) is 0 Å². The van der Waals surface area contributed by atoms with Crippen LogP contribution in [0.5, 0.6) is 0 Å². The number of hydrogen-bond acceptors (Lipinski definition) is 2. The molecule has 1 aliphatic rings. The number of rotatable bonds is 7. The minimum atomic E-state index is -0.0278. The monoisotopic (exact) mass is 356 g/mol. The van der Waals surface area contributed by atoms with Crippen molar-refractivity contribution in [3.63, 3.8) is 0 Å². The van der Waals surface area contributed by atoms with E-state index in [-0.39, 0.29) is 5.91 Å². The topological polar surface area (TPSA) is 41.1 Å². The van der Waals surface area contributed by atoms with Crippen molar-refractivity contribution in [2.45, 2.75) is 31.5 Å². The summed E-state index contributed by atoms with van der Waals surface area (Å²) in [6.07, 6.45) is 1.16. The number of benzene rings is 3. The van der Waals surface area contributed by atoms with Crippen LogP contribution in [0.4, 0.5) is 0 Å². The van der Waals surface area contributed by atoms with Gasteiger partial charge in [-0.25, -0.2) is 0 Å². The fourth-order valence-electron chi connectivity index (χ4n) is 3.40. The van der Waals surface area contributed by atoms with Crippen LogP contribution in [-0.2, 0) is 13.1 Å². The molecule has 0 aliphatic heterocycles. The van der Waals surface area contributed by atoms with Gasteiger partial charge in [-0.05, 0) is 35.2 Å². The van der Waals surface area contributed by atoms with Crippen LogP contribution in [0, 0.1) is 0 Å². The van der Waals surface area contributed by atoms with Crippen molar-refractivity contribution in [2.24, 2.45) is 0 Å². The molecule has 3 heteroatoms. The molecule has 0 radical (unpaired) electrons. The van der Waals surface area contributed by atoms with Crippen LogP contribution < -0.4 is 10.6 Å². The molecule has 1 aliphatic carbocycles. The Labute approximate surface area is 160 Å². The molecule has 0 spiro atoms. The average Bonchev–Trinajstić information content (AvgIpc) is 3.52. The van der Waals surface area contributed by atoms with Gasteiger partial charge in [-0.1, -0.05) is 72.8 Å². The number of amides is 1. The summed E-state index contributed by atoms with van der Waals surface area (Å²) in [6, 6.07) is 29.0. The van der Waals surface area contributed by atoms with Crippen LogP contribution in [0.2, 0.25) is 0 Å². The number of carbonyl (C=O) groups is 1. The maximum Gasteiger partial charge on any atom is 0.251 e. The zero-order valence-electron chi connectivity index (χ0n) is 15.3. The van der Waals surface area contributed by atoms with Gasteiger partial charge in [0, 0.05) is 30.6 Å². The maximum atomic E-state index is 12.3. The van der Waals surface area contributed by atoms with E-state index in [0.29, 0.717) is 24.1 Å². The molecule has 2 atom stereocenters. The quantitative estimate of drug-likeness (QED) is 0.664. The smallest absolute Gasteiger partial charge is 0.251 e. The minimum absolute atomic E-state index is 0.0278. The lowest BCUT2D eigenvalue weighted by Crippen LogP contribution is -2.22. The van der Waals surface area contributed by atoms with Crippen LogP contribution in [0.1, 0.15) is 39.4 Å². The van der Waals surface area contributed by atoms with Gasteiger partial charge >= 0.3 is 0 Å². The molecule has 0 bridgehead atoms. The first kappa shape index (κ1) is 17.5. The summed E-state index contributed by atoms with van der Waals surface area (Å²) in [5, 5.41) is 6.59. The van der Waals surface area contributed by atoms with Crippen LogP contribution in [-0.4, -0.2) is 11.9 Å². The van der Waals surface area contributed by atoms with Gasteiger partial charge < -0.3 is 10.6 Å². The Kier molecular flexibility index (Phi) is 5.31. The molecule has 27 heavy (non-hydrogen) atoms. The van der Waals surface area contributed by atoms with Gasteiger partial charge in [0.25, 0.3) is 5.91 Å². The van der Waals surface area contributed by atoms with Gasteiger partial charge in [-0.3, -0.25) is 4.79 Å². The van der Waals surface area contributed by atoms with Crippen LogP contribution in [0.15, 0.2) is 84.9 Å². The van der Waals surface area contributed by atoms with Gasteiger partial charge in [0.1, 0.15) is 0 Å². The normalized spacial score (nSPS) is 18.1. The molecule has 1 fully saturated rings. The molecule has 0 aromatic heterocycles. The summed E-state index contributed by atoms with van der Waals surface area (Å²) >= 11 is 0. The largest absolute Gasteiger partial charge is 0.348 e. The maximum absolute atomic E-state index is 12.3. The molecule has 0 heterocycles. The first-order chi connectivity index (χ1) is 13.3. The third-order valence-corrected chi connectivity index (χ3v) is 5.10. The Balaban J connectivity index is 1.27. The molecule has 1 saturated carbocycles. The van der Waals surface area contributed by atoms with E-state index in [1.807, 2.05) is 48.5 Å². The average molecular weight is 356 g/mol. The lowest BCUT2D eigenvalue weighted by Gasteiger charge is -2.07. The van der Waals surface area contributed by atoms with E-state index in [2.05, 4.69) is 47.0 Å². The zero-order chi connectivity index (χ0) is 18.5. The molecule has 0 saturated heterocycles.